The van der Waals surface area contributed by atoms with Crippen molar-refractivity contribution in [2.75, 3.05) is 20.2 Å². The highest BCUT2D eigenvalue weighted by atomic mass is 79.9. The summed E-state index contributed by atoms with van der Waals surface area (Å²) in [5.41, 5.74) is 5.27. The molecule has 3 N–H and O–H groups in total. The summed E-state index contributed by atoms with van der Waals surface area (Å²) in [6.07, 6.45) is 0.501. The van der Waals surface area contributed by atoms with Crippen molar-refractivity contribution in [2.45, 2.75) is 11.3 Å². The number of nitrogens with one attached hydrogen (secondary N) is 1. The highest BCUT2D eigenvalue weighted by Crippen LogP contribution is 2.29. The maximum absolute atomic E-state index is 13.4. The van der Waals surface area contributed by atoms with Crippen LogP contribution in [0.3, 0.4) is 0 Å². The van der Waals surface area contributed by atoms with E-state index in [2.05, 4.69) is 20.7 Å². The number of nitrogens with two attached hydrogens (primary N) is 1. The summed E-state index contributed by atoms with van der Waals surface area (Å²) in [4.78, 5) is -0.234. The summed E-state index contributed by atoms with van der Waals surface area (Å²) in [6, 6.07) is 2.18. The van der Waals surface area contributed by atoms with E-state index in [0.29, 0.717) is 13.0 Å². The Kier molecular flexibility index (Phi) is 7.83. The van der Waals surface area contributed by atoms with Gasteiger partial charge >= 0.3 is 0 Å². The molecule has 9 heteroatoms. The Morgan fingerprint density at radius 3 is 2.63 bits per heavy atom. The van der Waals surface area contributed by atoms with Crippen molar-refractivity contribution in [3.05, 3.63) is 22.4 Å². The first kappa shape index (κ1) is 18.6. The van der Waals surface area contributed by atoms with E-state index >= 15 is 0 Å². The van der Waals surface area contributed by atoms with Crippen LogP contribution in [0.5, 0.6) is 5.75 Å². The van der Waals surface area contributed by atoms with Crippen LogP contribution in [0, 0.1) is 5.82 Å². The molecule has 0 aliphatic rings. The number of ether oxygens (including phenoxy) is 1. The van der Waals surface area contributed by atoms with Gasteiger partial charge in [-0.05, 0) is 41.0 Å². The molecule has 0 aliphatic heterocycles. The third-order valence-corrected chi connectivity index (χ3v) is 4.26. The number of hydrogen-bond acceptors (Lipinski definition) is 4. The summed E-state index contributed by atoms with van der Waals surface area (Å²) in [6.45, 7) is 0.564. The van der Waals surface area contributed by atoms with E-state index in [1.54, 1.807) is 0 Å². The van der Waals surface area contributed by atoms with Crippen molar-refractivity contribution in [2.24, 2.45) is 5.73 Å². The molecule has 110 valence electrons. The van der Waals surface area contributed by atoms with Crippen LogP contribution in [0.1, 0.15) is 6.42 Å². The van der Waals surface area contributed by atoms with Crippen molar-refractivity contribution < 1.29 is 17.5 Å². The molecule has 0 aliphatic carbocycles. The molecule has 19 heavy (non-hydrogen) atoms. The van der Waals surface area contributed by atoms with Crippen LogP contribution in [0.2, 0.25) is 0 Å². The van der Waals surface area contributed by atoms with Crippen molar-refractivity contribution >= 4 is 38.4 Å². The van der Waals surface area contributed by atoms with Gasteiger partial charge in [-0.3, -0.25) is 0 Å². The minimum Gasteiger partial charge on any atom is -0.495 e. The molecule has 0 atom stereocenters. The van der Waals surface area contributed by atoms with Gasteiger partial charge in [-0.2, -0.15) is 0 Å². The fraction of sp³-hybridized carbons (Fsp3) is 0.400. The Morgan fingerprint density at radius 1 is 1.47 bits per heavy atom. The number of rotatable bonds is 6. The van der Waals surface area contributed by atoms with E-state index in [9.17, 15) is 12.8 Å². The van der Waals surface area contributed by atoms with E-state index in [-0.39, 0.29) is 34.1 Å². The van der Waals surface area contributed by atoms with Crippen LogP contribution in [-0.2, 0) is 10.0 Å². The first-order valence-electron chi connectivity index (χ1n) is 5.15. The van der Waals surface area contributed by atoms with E-state index < -0.39 is 15.8 Å². The fourth-order valence-electron chi connectivity index (χ4n) is 1.27. The number of halogens is 3. The highest BCUT2D eigenvalue weighted by Gasteiger charge is 2.21. The minimum atomic E-state index is -3.81. The standard InChI is InChI=1S/C10H14BrFN2O3S.ClH/c1-17-9-5-7(11)8(12)6-10(9)18(15,16)14-4-2-3-13;/h5-6,14H,2-4,13H2,1H3;1H. The van der Waals surface area contributed by atoms with E-state index in [1.807, 2.05) is 0 Å². The Morgan fingerprint density at radius 2 is 2.11 bits per heavy atom. The molecule has 1 aromatic rings. The number of benzene rings is 1. The van der Waals surface area contributed by atoms with Gasteiger partial charge in [-0.25, -0.2) is 17.5 Å². The molecule has 1 aromatic carbocycles. The molecule has 0 radical (unpaired) electrons. The van der Waals surface area contributed by atoms with Crippen molar-refractivity contribution in [1.82, 2.24) is 4.72 Å². The normalized spacial score (nSPS) is 10.9. The molecule has 5 nitrogen and oxygen atoms in total. The van der Waals surface area contributed by atoms with Crippen LogP contribution in [0.25, 0.3) is 0 Å². The maximum Gasteiger partial charge on any atom is 0.244 e. The zero-order valence-electron chi connectivity index (χ0n) is 10.2. The molecule has 0 saturated carbocycles. The number of methoxy groups -OCH3 is 1. The van der Waals surface area contributed by atoms with Crippen molar-refractivity contribution in [3.63, 3.8) is 0 Å². The van der Waals surface area contributed by atoms with Gasteiger partial charge in [0, 0.05) is 6.54 Å². The second-order valence-electron chi connectivity index (χ2n) is 3.46. The van der Waals surface area contributed by atoms with Crippen LogP contribution in [0.4, 0.5) is 4.39 Å². The lowest BCUT2D eigenvalue weighted by atomic mass is 10.3. The molecule has 1 rings (SSSR count). The highest BCUT2D eigenvalue weighted by molar-refractivity contribution is 9.10. The molecule has 0 saturated heterocycles. The van der Waals surface area contributed by atoms with Crippen LogP contribution < -0.4 is 15.2 Å². The largest absolute Gasteiger partial charge is 0.495 e. The Labute approximate surface area is 126 Å². The summed E-state index contributed by atoms with van der Waals surface area (Å²) >= 11 is 2.96. The Hall–Kier alpha value is -0.410. The first-order valence-corrected chi connectivity index (χ1v) is 7.42. The topological polar surface area (TPSA) is 81.4 Å². The third-order valence-electron chi connectivity index (χ3n) is 2.17. The summed E-state index contributed by atoms with van der Waals surface area (Å²) in [5.74, 6) is -0.599. The van der Waals surface area contributed by atoms with Crippen LogP contribution in [0.15, 0.2) is 21.5 Å². The zero-order valence-corrected chi connectivity index (χ0v) is 13.4. The second-order valence-corrected chi connectivity index (χ2v) is 6.05. The number of sulfonamides is 1. The SMILES string of the molecule is COc1cc(Br)c(F)cc1S(=O)(=O)NCCCN.Cl. The third kappa shape index (κ3) is 4.88. The molecule has 0 amide bonds. The number of hydrogen-bond donors (Lipinski definition) is 2. The van der Waals surface area contributed by atoms with Gasteiger partial charge in [0.25, 0.3) is 0 Å². The molecule has 0 aromatic heterocycles. The van der Waals surface area contributed by atoms with E-state index in [1.165, 1.54) is 13.2 Å². The second kappa shape index (κ2) is 8.01. The molecular weight excluding hydrogens is 363 g/mol. The van der Waals surface area contributed by atoms with Gasteiger partial charge in [-0.15, -0.1) is 12.4 Å². The molecule has 0 heterocycles. The van der Waals surface area contributed by atoms with Crippen LogP contribution in [-0.4, -0.2) is 28.6 Å². The van der Waals surface area contributed by atoms with Crippen molar-refractivity contribution in [1.29, 1.82) is 0 Å². The van der Waals surface area contributed by atoms with Gasteiger partial charge in [0.1, 0.15) is 16.5 Å². The molecule has 0 fully saturated rings. The smallest absolute Gasteiger partial charge is 0.244 e. The lowest BCUT2D eigenvalue weighted by Gasteiger charge is -2.11. The van der Waals surface area contributed by atoms with Crippen molar-refractivity contribution in [3.8, 4) is 5.75 Å². The summed E-state index contributed by atoms with van der Waals surface area (Å²) in [5, 5.41) is 0. The lowest BCUT2D eigenvalue weighted by Crippen LogP contribution is -2.26. The van der Waals surface area contributed by atoms with E-state index in [0.717, 1.165) is 6.07 Å². The molecular formula is C10H15BrClFN2O3S. The maximum atomic E-state index is 13.4. The molecule has 0 spiro atoms. The van der Waals surface area contributed by atoms with Gasteiger partial charge in [0.05, 0.1) is 11.6 Å². The molecule has 0 unspecified atom stereocenters. The predicted octanol–water partition coefficient (Wildman–Crippen LogP) is 1.65. The van der Waals surface area contributed by atoms with Gasteiger partial charge in [-0.1, -0.05) is 0 Å². The van der Waals surface area contributed by atoms with Gasteiger partial charge in [0.15, 0.2) is 0 Å². The van der Waals surface area contributed by atoms with Crippen LogP contribution >= 0.6 is 28.3 Å². The average Bonchev–Trinajstić information content (AvgIpc) is 2.32. The Balaban J connectivity index is 0.00000324. The van der Waals surface area contributed by atoms with Gasteiger partial charge in [0.2, 0.25) is 10.0 Å². The quantitative estimate of drug-likeness (QED) is 0.739. The Bertz CT molecular complexity index is 528. The predicted molar refractivity (Wildman–Crippen MR) is 76.8 cm³/mol. The first-order chi connectivity index (χ1) is 8.42. The monoisotopic (exact) mass is 376 g/mol. The fourth-order valence-corrected chi connectivity index (χ4v) is 2.82. The van der Waals surface area contributed by atoms with E-state index in [4.69, 9.17) is 10.5 Å². The zero-order chi connectivity index (χ0) is 13.8. The lowest BCUT2D eigenvalue weighted by molar-refractivity contribution is 0.400. The minimum absolute atomic E-state index is 0. The van der Waals surface area contributed by atoms with Gasteiger partial charge < -0.3 is 10.5 Å². The summed E-state index contributed by atoms with van der Waals surface area (Å²) in [7, 11) is -2.49. The average molecular weight is 378 g/mol. The summed E-state index contributed by atoms with van der Waals surface area (Å²) < 4.78 is 44.7. The molecule has 0 bridgehead atoms.